The van der Waals surface area contributed by atoms with Crippen LogP contribution in [0.15, 0.2) is 36.4 Å². The second-order valence-electron chi connectivity index (χ2n) is 7.05. The van der Waals surface area contributed by atoms with Crippen molar-refractivity contribution >= 4 is 24.0 Å². The molecular weight excluding hydrogens is 396 g/mol. The fourth-order valence-corrected chi connectivity index (χ4v) is 3.65. The first kappa shape index (κ1) is 20.6. The van der Waals surface area contributed by atoms with E-state index < -0.39 is 23.5 Å². The van der Waals surface area contributed by atoms with Gasteiger partial charge >= 0.3 is 6.18 Å². The van der Waals surface area contributed by atoms with E-state index in [1.165, 1.54) is 6.07 Å². The summed E-state index contributed by atoms with van der Waals surface area (Å²) >= 11 is 0. The molecule has 150 valence electrons. The lowest BCUT2D eigenvalue weighted by Crippen LogP contribution is -2.25. The average molecular weight is 415 g/mol. The molecule has 1 amide bonds. The molecule has 0 aromatic heterocycles. The second-order valence-corrected chi connectivity index (χ2v) is 7.05. The van der Waals surface area contributed by atoms with Crippen LogP contribution in [0.2, 0.25) is 0 Å². The number of rotatable bonds is 3. The molecule has 1 heterocycles. The smallest absolute Gasteiger partial charge is 0.323 e. The van der Waals surface area contributed by atoms with Crippen LogP contribution in [0.4, 0.5) is 23.2 Å². The van der Waals surface area contributed by atoms with E-state index in [-0.39, 0.29) is 29.9 Å². The summed E-state index contributed by atoms with van der Waals surface area (Å²) in [7, 11) is 0. The predicted molar refractivity (Wildman–Crippen MR) is 100.0 cm³/mol. The summed E-state index contributed by atoms with van der Waals surface area (Å²) < 4.78 is 53.2. The van der Waals surface area contributed by atoms with Crippen molar-refractivity contribution in [3.05, 3.63) is 64.5 Å². The van der Waals surface area contributed by atoms with Gasteiger partial charge in [-0.05, 0) is 54.1 Å². The number of carbonyl (C=O) groups excluding carboxylic acids is 1. The Morgan fingerprint density at radius 1 is 1.18 bits per heavy atom. The van der Waals surface area contributed by atoms with E-state index in [0.717, 1.165) is 17.7 Å². The zero-order chi connectivity index (χ0) is 19.2. The SMILES string of the molecule is Cl.O=C(Nc1ccc2c(c1F)CCNC2)C1CC1c1cccc(C(F)(F)F)c1. The van der Waals surface area contributed by atoms with Gasteiger partial charge in [0, 0.05) is 12.5 Å². The summed E-state index contributed by atoms with van der Waals surface area (Å²) in [5.74, 6) is -1.48. The molecule has 4 rings (SSSR count). The molecule has 1 aliphatic heterocycles. The number of hydrogen-bond acceptors (Lipinski definition) is 2. The van der Waals surface area contributed by atoms with Gasteiger partial charge < -0.3 is 10.6 Å². The topological polar surface area (TPSA) is 41.1 Å². The molecule has 3 nitrogen and oxygen atoms in total. The van der Waals surface area contributed by atoms with Crippen molar-refractivity contribution in [3.63, 3.8) is 0 Å². The van der Waals surface area contributed by atoms with Crippen molar-refractivity contribution < 1.29 is 22.4 Å². The Morgan fingerprint density at radius 3 is 2.71 bits per heavy atom. The molecule has 2 aromatic rings. The monoisotopic (exact) mass is 414 g/mol. The van der Waals surface area contributed by atoms with E-state index in [2.05, 4.69) is 10.6 Å². The molecule has 1 saturated carbocycles. The molecular formula is C20H19ClF4N2O. The van der Waals surface area contributed by atoms with Gasteiger partial charge in [0.05, 0.1) is 11.3 Å². The van der Waals surface area contributed by atoms with Gasteiger partial charge in [-0.15, -0.1) is 12.4 Å². The molecule has 0 radical (unpaired) electrons. The molecule has 0 spiro atoms. The summed E-state index contributed by atoms with van der Waals surface area (Å²) in [5, 5.41) is 5.77. The number of hydrogen-bond donors (Lipinski definition) is 2. The fourth-order valence-electron chi connectivity index (χ4n) is 3.65. The molecule has 1 fully saturated rings. The molecule has 0 saturated heterocycles. The van der Waals surface area contributed by atoms with E-state index in [1.54, 1.807) is 18.2 Å². The molecule has 2 unspecified atom stereocenters. The number of benzene rings is 2. The lowest BCUT2D eigenvalue weighted by atomic mass is 9.99. The largest absolute Gasteiger partial charge is 0.416 e. The number of amides is 1. The number of fused-ring (bicyclic) bond motifs is 1. The molecule has 2 aliphatic rings. The van der Waals surface area contributed by atoms with E-state index >= 15 is 0 Å². The van der Waals surface area contributed by atoms with Gasteiger partial charge in [-0.3, -0.25) is 4.79 Å². The van der Waals surface area contributed by atoms with Gasteiger partial charge in [-0.1, -0.05) is 24.3 Å². The normalized spacial score (nSPS) is 20.7. The van der Waals surface area contributed by atoms with Crippen molar-refractivity contribution in [3.8, 4) is 0 Å². The van der Waals surface area contributed by atoms with Gasteiger partial charge in [0.2, 0.25) is 5.91 Å². The summed E-state index contributed by atoms with van der Waals surface area (Å²) in [5.41, 5.74) is 1.39. The zero-order valence-corrected chi connectivity index (χ0v) is 15.6. The van der Waals surface area contributed by atoms with Crippen LogP contribution in [0, 0.1) is 11.7 Å². The molecule has 1 aliphatic carbocycles. The maximum absolute atomic E-state index is 14.6. The Balaban J connectivity index is 0.00000225. The van der Waals surface area contributed by atoms with Crippen LogP contribution >= 0.6 is 12.4 Å². The average Bonchev–Trinajstić information content (AvgIpc) is 3.45. The Hall–Kier alpha value is -2.12. The molecule has 2 N–H and O–H groups in total. The number of alkyl halides is 3. The van der Waals surface area contributed by atoms with Gasteiger partial charge in [-0.2, -0.15) is 13.2 Å². The number of anilines is 1. The van der Waals surface area contributed by atoms with Crippen molar-refractivity contribution in [2.45, 2.75) is 31.5 Å². The van der Waals surface area contributed by atoms with E-state index in [4.69, 9.17) is 0 Å². The lowest BCUT2D eigenvalue weighted by Gasteiger charge is -2.19. The third-order valence-electron chi connectivity index (χ3n) is 5.23. The maximum Gasteiger partial charge on any atom is 0.416 e. The van der Waals surface area contributed by atoms with Gasteiger partial charge in [0.25, 0.3) is 0 Å². The van der Waals surface area contributed by atoms with Crippen LogP contribution in [0.1, 0.15) is 34.6 Å². The minimum absolute atomic E-state index is 0. The van der Waals surface area contributed by atoms with E-state index in [1.807, 2.05) is 0 Å². The van der Waals surface area contributed by atoms with E-state index in [9.17, 15) is 22.4 Å². The molecule has 2 aromatic carbocycles. The summed E-state index contributed by atoms with van der Waals surface area (Å²) in [6.45, 7) is 1.28. The number of carbonyl (C=O) groups is 1. The van der Waals surface area contributed by atoms with Crippen LogP contribution in [-0.4, -0.2) is 12.5 Å². The fraction of sp³-hybridized carbons (Fsp3) is 0.350. The van der Waals surface area contributed by atoms with Gasteiger partial charge in [0.1, 0.15) is 5.82 Å². The maximum atomic E-state index is 14.6. The Morgan fingerprint density at radius 2 is 1.96 bits per heavy atom. The number of halogens is 5. The third kappa shape index (κ3) is 4.00. The first-order valence-electron chi connectivity index (χ1n) is 8.83. The van der Waals surface area contributed by atoms with Crippen LogP contribution < -0.4 is 10.6 Å². The highest BCUT2D eigenvalue weighted by atomic mass is 35.5. The quantitative estimate of drug-likeness (QED) is 0.717. The minimum Gasteiger partial charge on any atom is -0.323 e. The van der Waals surface area contributed by atoms with E-state index in [0.29, 0.717) is 37.1 Å². The molecule has 2 atom stereocenters. The van der Waals surface area contributed by atoms with Crippen molar-refractivity contribution in [2.24, 2.45) is 5.92 Å². The standard InChI is InChI=1S/C20H18F4N2O.ClH/c21-18-14-6-7-25-10-12(14)4-5-17(18)26-19(27)16-9-15(16)11-2-1-3-13(8-11)20(22,23)24;/h1-5,8,15-16,25H,6-7,9-10H2,(H,26,27);1H. The van der Waals surface area contributed by atoms with Crippen molar-refractivity contribution in [1.82, 2.24) is 5.32 Å². The Kier molecular flexibility index (Phi) is 5.68. The van der Waals surface area contributed by atoms with Crippen LogP contribution in [0.25, 0.3) is 0 Å². The summed E-state index contributed by atoms with van der Waals surface area (Å²) in [6, 6.07) is 8.38. The first-order valence-corrected chi connectivity index (χ1v) is 8.83. The highest BCUT2D eigenvalue weighted by molar-refractivity contribution is 5.95. The van der Waals surface area contributed by atoms with Crippen LogP contribution in [0.3, 0.4) is 0 Å². The minimum atomic E-state index is -4.41. The third-order valence-corrected chi connectivity index (χ3v) is 5.23. The molecule has 0 bridgehead atoms. The molecule has 28 heavy (non-hydrogen) atoms. The number of nitrogens with one attached hydrogen (secondary N) is 2. The summed E-state index contributed by atoms with van der Waals surface area (Å²) in [4.78, 5) is 12.4. The van der Waals surface area contributed by atoms with Crippen LogP contribution in [-0.2, 0) is 23.9 Å². The van der Waals surface area contributed by atoms with Crippen molar-refractivity contribution in [1.29, 1.82) is 0 Å². The van der Waals surface area contributed by atoms with Gasteiger partial charge in [0.15, 0.2) is 0 Å². The van der Waals surface area contributed by atoms with Crippen molar-refractivity contribution in [2.75, 3.05) is 11.9 Å². The van der Waals surface area contributed by atoms with Crippen LogP contribution in [0.5, 0.6) is 0 Å². The summed E-state index contributed by atoms with van der Waals surface area (Å²) in [6.07, 6.45) is -3.39. The van der Waals surface area contributed by atoms with Gasteiger partial charge in [-0.25, -0.2) is 4.39 Å². The highest BCUT2D eigenvalue weighted by Crippen LogP contribution is 2.49. The molecule has 8 heteroatoms. The lowest BCUT2D eigenvalue weighted by molar-refractivity contribution is -0.137. The predicted octanol–water partition coefficient (Wildman–Crippen LogP) is 4.65. The highest BCUT2D eigenvalue weighted by Gasteiger charge is 2.45. The first-order chi connectivity index (χ1) is 12.8. The second kappa shape index (κ2) is 7.72. The zero-order valence-electron chi connectivity index (χ0n) is 14.8. The Labute approximate surface area is 165 Å². The Bertz CT molecular complexity index is 900.